The van der Waals surface area contributed by atoms with Crippen LogP contribution in [0.25, 0.3) is 5.57 Å². The van der Waals surface area contributed by atoms with E-state index in [-0.39, 0.29) is 17.4 Å². The van der Waals surface area contributed by atoms with Gasteiger partial charge in [0.05, 0.1) is 11.4 Å². The molecular formula is C19H20N6O2. The lowest BCUT2D eigenvalue weighted by Gasteiger charge is -2.09. The van der Waals surface area contributed by atoms with Crippen molar-refractivity contribution in [3.63, 3.8) is 0 Å². The monoisotopic (exact) mass is 364 g/mol. The minimum absolute atomic E-state index is 0.159. The van der Waals surface area contributed by atoms with Crippen LogP contribution in [0.1, 0.15) is 18.5 Å². The number of anilines is 2. The summed E-state index contributed by atoms with van der Waals surface area (Å²) in [7, 11) is 3.91. The SMILES string of the molecule is CN(C)CCCC(=O)Nc1nccc(/C(C#N)=C2\Nc3ccccc3O2)n1. The van der Waals surface area contributed by atoms with Crippen LogP contribution < -0.4 is 15.4 Å². The summed E-state index contributed by atoms with van der Waals surface area (Å²) in [6.45, 7) is 0.822. The first-order valence-electron chi connectivity index (χ1n) is 8.53. The lowest BCUT2D eigenvalue weighted by atomic mass is 10.2. The molecule has 8 nitrogen and oxygen atoms in total. The molecular weight excluding hydrogens is 344 g/mol. The number of hydrogen-bond acceptors (Lipinski definition) is 7. The van der Waals surface area contributed by atoms with Crippen LogP contribution in [-0.2, 0) is 4.79 Å². The van der Waals surface area contributed by atoms with E-state index in [0.717, 1.165) is 18.7 Å². The third-order valence-corrected chi connectivity index (χ3v) is 3.86. The van der Waals surface area contributed by atoms with Gasteiger partial charge in [-0.25, -0.2) is 9.97 Å². The quantitative estimate of drug-likeness (QED) is 0.759. The minimum atomic E-state index is -0.164. The summed E-state index contributed by atoms with van der Waals surface area (Å²) in [5.41, 5.74) is 1.38. The number of nitrogens with one attached hydrogen (secondary N) is 2. The highest BCUT2D eigenvalue weighted by atomic mass is 16.5. The Labute approximate surface area is 157 Å². The van der Waals surface area contributed by atoms with Crippen LogP contribution in [0, 0.1) is 11.3 Å². The molecule has 0 unspecified atom stereocenters. The molecule has 8 heteroatoms. The van der Waals surface area contributed by atoms with E-state index in [0.29, 0.717) is 23.7 Å². The van der Waals surface area contributed by atoms with Crippen LogP contribution in [0.15, 0.2) is 42.4 Å². The van der Waals surface area contributed by atoms with Crippen LogP contribution in [-0.4, -0.2) is 41.4 Å². The van der Waals surface area contributed by atoms with Crippen molar-refractivity contribution in [1.82, 2.24) is 14.9 Å². The summed E-state index contributed by atoms with van der Waals surface area (Å²) in [5, 5.41) is 15.3. The number of nitrogens with zero attached hydrogens (tertiary/aromatic N) is 4. The molecule has 27 heavy (non-hydrogen) atoms. The van der Waals surface area contributed by atoms with Crippen LogP contribution in [0.5, 0.6) is 5.75 Å². The Morgan fingerprint density at radius 3 is 2.89 bits per heavy atom. The van der Waals surface area contributed by atoms with Crippen LogP contribution >= 0.6 is 0 Å². The number of hydrogen-bond donors (Lipinski definition) is 2. The largest absolute Gasteiger partial charge is 0.437 e. The number of carbonyl (C=O) groups is 1. The van der Waals surface area contributed by atoms with Crippen molar-refractivity contribution in [1.29, 1.82) is 5.26 Å². The minimum Gasteiger partial charge on any atom is -0.437 e. The van der Waals surface area contributed by atoms with Crippen LogP contribution in [0.3, 0.4) is 0 Å². The summed E-state index contributed by atoms with van der Waals surface area (Å²) < 4.78 is 5.70. The van der Waals surface area contributed by atoms with Gasteiger partial charge in [0.25, 0.3) is 0 Å². The molecule has 0 bridgehead atoms. The lowest BCUT2D eigenvalue weighted by molar-refractivity contribution is -0.116. The molecule has 0 saturated heterocycles. The van der Waals surface area contributed by atoms with Crippen molar-refractivity contribution in [2.75, 3.05) is 31.3 Å². The van der Waals surface area contributed by atoms with Gasteiger partial charge < -0.3 is 15.0 Å². The fourth-order valence-electron chi connectivity index (χ4n) is 2.56. The number of ether oxygens (including phenoxy) is 1. The van der Waals surface area contributed by atoms with Crippen molar-refractivity contribution in [2.45, 2.75) is 12.8 Å². The van der Waals surface area contributed by atoms with Gasteiger partial charge in [-0.2, -0.15) is 5.26 Å². The molecule has 1 aromatic carbocycles. The van der Waals surface area contributed by atoms with Crippen molar-refractivity contribution in [3.05, 3.63) is 48.1 Å². The number of fused-ring (bicyclic) bond motifs is 1. The Morgan fingerprint density at radius 1 is 1.33 bits per heavy atom. The highest BCUT2D eigenvalue weighted by molar-refractivity contribution is 5.89. The lowest BCUT2D eigenvalue weighted by Crippen LogP contribution is -2.18. The standard InChI is InChI=1S/C19H20N6O2/c1-25(2)11-5-8-17(26)24-19-21-10-9-14(23-19)13(12-20)18-22-15-6-3-4-7-16(15)27-18/h3-4,6-7,9-10,22H,5,8,11H2,1-2H3,(H,21,23,24,26)/b18-13+. The number of benzene rings is 1. The molecule has 0 aliphatic carbocycles. The maximum Gasteiger partial charge on any atom is 0.229 e. The number of nitriles is 1. The van der Waals surface area contributed by atoms with E-state index in [1.165, 1.54) is 6.20 Å². The average molecular weight is 364 g/mol. The molecule has 0 radical (unpaired) electrons. The van der Waals surface area contributed by atoms with E-state index in [4.69, 9.17) is 4.74 Å². The molecule has 2 heterocycles. The summed E-state index contributed by atoms with van der Waals surface area (Å²) in [4.78, 5) is 22.4. The molecule has 0 spiro atoms. The van der Waals surface area contributed by atoms with Crippen LogP contribution in [0.2, 0.25) is 0 Å². The molecule has 0 fully saturated rings. The van der Waals surface area contributed by atoms with Gasteiger partial charge in [0, 0.05) is 12.6 Å². The van der Waals surface area contributed by atoms with Crippen molar-refractivity contribution >= 4 is 23.1 Å². The molecule has 0 atom stereocenters. The predicted molar refractivity (Wildman–Crippen MR) is 102 cm³/mol. The number of carbonyl (C=O) groups excluding carboxylic acids is 1. The first-order chi connectivity index (χ1) is 13.1. The van der Waals surface area contributed by atoms with Gasteiger partial charge in [-0.1, -0.05) is 12.1 Å². The van der Waals surface area contributed by atoms with Crippen LogP contribution in [0.4, 0.5) is 11.6 Å². The summed E-state index contributed by atoms with van der Waals surface area (Å²) in [6, 6.07) is 11.1. The molecule has 138 valence electrons. The first kappa shape index (κ1) is 18.4. The van der Waals surface area contributed by atoms with Gasteiger partial charge in [-0.3, -0.25) is 10.1 Å². The second-order valence-electron chi connectivity index (χ2n) is 6.26. The number of aromatic nitrogens is 2. The Bertz CT molecular complexity index is 889. The second kappa shape index (κ2) is 8.29. The third kappa shape index (κ3) is 4.59. The van der Waals surface area contributed by atoms with Gasteiger partial charge in [0.15, 0.2) is 5.75 Å². The Morgan fingerprint density at radius 2 is 2.15 bits per heavy atom. The zero-order valence-corrected chi connectivity index (χ0v) is 15.2. The van der Waals surface area contributed by atoms with E-state index in [1.54, 1.807) is 6.07 Å². The number of allylic oxidation sites excluding steroid dienone is 1. The fraction of sp³-hybridized carbons (Fsp3) is 0.263. The molecule has 1 aliphatic rings. The van der Waals surface area contributed by atoms with Crippen molar-refractivity contribution in [3.8, 4) is 11.8 Å². The second-order valence-corrected chi connectivity index (χ2v) is 6.26. The molecule has 1 aromatic heterocycles. The fourth-order valence-corrected chi connectivity index (χ4v) is 2.56. The van der Waals surface area contributed by atoms with E-state index in [9.17, 15) is 10.1 Å². The number of para-hydroxylation sites is 2. The Kier molecular flexibility index (Phi) is 5.64. The third-order valence-electron chi connectivity index (χ3n) is 3.86. The normalized spacial score (nSPS) is 14.0. The van der Waals surface area contributed by atoms with E-state index in [2.05, 4.69) is 26.7 Å². The number of rotatable bonds is 6. The van der Waals surface area contributed by atoms with Gasteiger partial charge in [0.2, 0.25) is 17.7 Å². The maximum absolute atomic E-state index is 12.0. The molecule has 1 aliphatic heterocycles. The van der Waals surface area contributed by atoms with Gasteiger partial charge in [0.1, 0.15) is 11.6 Å². The van der Waals surface area contributed by atoms with E-state index >= 15 is 0 Å². The molecule has 0 saturated carbocycles. The highest BCUT2D eigenvalue weighted by Crippen LogP contribution is 2.35. The zero-order chi connectivity index (χ0) is 19.2. The first-order valence-corrected chi connectivity index (χ1v) is 8.53. The Balaban J connectivity index is 1.74. The van der Waals surface area contributed by atoms with Gasteiger partial charge in [-0.15, -0.1) is 0 Å². The smallest absolute Gasteiger partial charge is 0.229 e. The topological polar surface area (TPSA) is 103 Å². The highest BCUT2D eigenvalue weighted by Gasteiger charge is 2.22. The average Bonchev–Trinajstić information content (AvgIpc) is 3.06. The molecule has 2 N–H and O–H groups in total. The van der Waals surface area contributed by atoms with Crippen molar-refractivity contribution < 1.29 is 9.53 Å². The Hall–Kier alpha value is -3.44. The van der Waals surface area contributed by atoms with Gasteiger partial charge >= 0.3 is 0 Å². The molecule has 2 aromatic rings. The van der Waals surface area contributed by atoms with Crippen molar-refractivity contribution in [2.24, 2.45) is 0 Å². The van der Waals surface area contributed by atoms with E-state index < -0.39 is 0 Å². The maximum atomic E-state index is 12.0. The van der Waals surface area contributed by atoms with E-state index in [1.807, 2.05) is 43.3 Å². The number of amides is 1. The molecule has 1 amide bonds. The summed E-state index contributed by atoms with van der Waals surface area (Å²) in [6.07, 6.45) is 2.61. The summed E-state index contributed by atoms with van der Waals surface area (Å²) in [5.74, 6) is 0.943. The molecule has 3 rings (SSSR count). The summed E-state index contributed by atoms with van der Waals surface area (Å²) >= 11 is 0. The van der Waals surface area contributed by atoms with Gasteiger partial charge in [-0.05, 0) is 45.3 Å². The predicted octanol–water partition coefficient (Wildman–Crippen LogP) is 2.45. The zero-order valence-electron chi connectivity index (χ0n) is 15.2.